The highest BCUT2D eigenvalue weighted by molar-refractivity contribution is 7.93. The summed E-state index contributed by atoms with van der Waals surface area (Å²) >= 11 is 0. The van der Waals surface area contributed by atoms with Crippen LogP contribution in [0.3, 0.4) is 0 Å². The fraction of sp³-hybridized carbons (Fsp3) is 0.211. The third-order valence-electron chi connectivity index (χ3n) is 4.09. The Hall–Kier alpha value is -2.67. The third-order valence-corrected chi connectivity index (χ3v) is 5.96. The molecule has 1 aliphatic rings. The molecule has 1 N–H and O–H groups in total. The van der Waals surface area contributed by atoms with Crippen molar-refractivity contribution in [3.63, 3.8) is 0 Å². The van der Waals surface area contributed by atoms with E-state index in [2.05, 4.69) is 5.32 Å². The van der Waals surface area contributed by atoms with Gasteiger partial charge < -0.3 is 5.32 Å². The predicted octanol–water partition coefficient (Wildman–Crippen LogP) is 3.33. The van der Waals surface area contributed by atoms with Crippen molar-refractivity contribution in [3.05, 3.63) is 65.5 Å². The lowest BCUT2D eigenvalue weighted by molar-refractivity contribution is -0.111. The fourth-order valence-electron chi connectivity index (χ4n) is 2.75. The van der Waals surface area contributed by atoms with Crippen LogP contribution >= 0.6 is 0 Å². The molecule has 5 nitrogen and oxygen atoms in total. The second-order valence-corrected chi connectivity index (χ2v) is 8.15. The van der Waals surface area contributed by atoms with Crippen molar-refractivity contribution < 1.29 is 17.6 Å². The second-order valence-electron chi connectivity index (χ2n) is 6.14. The zero-order valence-corrected chi connectivity index (χ0v) is 15.1. The second kappa shape index (κ2) is 7.29. The molecule has 0 aliphatic carbocycles. The minimum absolute atomic E-state index is 0.125. The lowest BCUT2D eigenvalue weighted by Gasteiger charge is -2.16. The van der Waals surface area contributed by atoms with Gasteiger partial charge in [-0.1, -0.05) is 18.2 Å². The Morgan fingerprint density at radius 2 is 1.92 bits per heavy atom. The van der Waals surface area contributed by atoms with Gasteiger partial charge in [0.2, 0.25) is 15.9 Å². The quantitative estimate of drug-likeness (QED) is 0.835. The highest BCUT2D eigenvalue weighted by Gasteiger charge is 2.28. The Morgan fingerprint density at radius 3 is 2.54 bits per heavy atom. The molecule has 1 heterocycles. The Labute approximate surface area is 152 Å². The number of carbonyl (C=O) groups excluding carboxylic acids is 1. The average Bonchev–Trinajstić information content (AvgIpc) is 2.95. The van der Waals surface area contributed by atoms with E-state index in [-0.39, 0.29) is 11.4 Å². The molecule has 1 aliphatic heterocycles. The molecular weight excluding hydrogens is 355 g/mol. The van der Waals surface area contributed by atoms with Crippen LogP contribution < -0.4 is 9.62 Å². The van der Waals surface area contributed by atoms with E-state index < -0.39 is 21.7 Å². The van der Waals surface area contributed by atoms with Gasteiger partial charge in [0.15, 0.2) is 0 Å². The number of hydrogen-bond acceptors (Lipinski definition) is 3. The molecule has 3 rings (SSSR count). The largest absolute Gasteiger partial charge is 0.320 e. The number of halogens is 1. The van der Waals surface area contributed by atoms with Crippen LogP contribution in [-0.4, -0.2) is 26.6 Å². The topological polar surface area (TPSA) is 66.5 Å². The van der Waals surface area contributed by atoms with E-state index in [1.165, 1.54) is 22.5 Å². The van der Waals surface area contributed by atoms with Gasteiger partial charge in [0, 0.05) is 12.6 Å². The molecular formula is C19H19FN2O3S. The number of hydrogen-bond donors (Lipinski definition) is 1. The highest BCUT2D eigenvalue weighted by atomic mass is 32.2. The van der Waals surface area contributed by atoms with Gasteiger partial charge in [0.1, 0.15) is 5.82 Å². The van der Waals surface area contributed by atoms with Crippen LogP contribution in [0.2, 0.25) is 0 Å². The molecule has 0 aromatic heterocycles. The molecule has 1 fully saturated rings. The van der Waals surface area contributed by atoms with Crippen molar-refractivity contribution in [3.8, 4) is 0 Å². The zero-order valence-electron chi connectivity index (χ0n) is 14.3. The standard InChI is InChI=1S/C19H19FN2O3S/c1-14-3-9-18(17(20)13-14)21-19(23)10-6-15-4-7-16(8-5-15)22-11-2-12-26(22,24)25/h3-10,13H,2,11-12H2,1H3,(H,21,23)/b10-6+. The molecule has 136 valence electrons. The molecule has 2 aromatic carbocycles. The first-order valence-corrected chi connectivity index (χ1v) is 9.82. The summed E-state index contributed by atoms with van der Waals surface area (Å²) in [6.45, 7) is 2.26. The normalized spacial score (nSPS) is 16.2. The first-order chi connectivity index (χ1) is 12.3. The predicted molar refractivity (Wildman–Crippen MR) is 101 cm³/mol. The van der Waals surface area contributed by atoms with Crippen LogP contribution in [0.5, 0.6) is 0 Å². The van der Waals surface area contributed by atoms with E-state index in [0.717, 1.165) is 11.1 Å². The number of nitrogens with one attached hydrogen (secondary N) is 1. The number of nitrogens with zero attached hydrogens (tertiary/aromatic N) is 1. The molecule has 26 heavy (non-hydrogen) atoms. The van der Waals surface area contributed by atoms with Gasteiger partial charge in [-0.25, -0.2) is 12.8 Å². The summed E-state index contributed by atoms with van der Waals surface area (Å²) < 4.78 is 39.0. The van der Waals surface area contributed by atoms with Crippen LogP contribution in [0.15, 0.2) is 48.5 Å². The smallest absolute Gasteiger partial charge is 0.248 e. The zero-order chi connectivity index (χ0) is 18.7. The first kappa shape index (κ1) is 18.1. The van der Waals surface area contributed by atoms with E-state index in [9.17, 15) is 17.6 Å². The number of aryl methyl sites for hydroxylation is 1. The lowest BCUT2D eigenvalue weighted by Crippen LogP contribution is -2.24. The molecule has 1 amide bonds. The number of benzene rings is 2. The summed E-state index contributed by atoms with van der Waals surface area (Å²) in [6.07, 6.45) is 3.52. The van der Waals surface area contributed by atoms with Crippen LogP contribution in [0, 0.1) is 12.7 Å². The summed E-state index contributed by atoms with van der Waals surface area (Å²) in [5.74, 6) is -0.758. The van der Waals surface area contributed by atoms with Crippen molar-refractivity contribution in [2.45, 2.75) is 13.3 Å². The minimum atomic E-state index is -3.20. The number of amides is 1. The van der Waals surface area contributed by atoms with Gasteiger partial charge in [-0.15, -0.1) is 0 Å². The van der Waals surface area contributed by atoms with Gasteiger partial charge in [0.05, 0.1) is 17.1 Å². The number of carbonyl (C=O) groups is 1. The summed E-state index contributed by atoms with van der Waals surface area (Å²) in [6, 6.07) is 11.5. The molecule has 7 heteroatoms. The molecule has 0 atom stereocenters. The van der Waals surface area contributed by atoms with Gasteiger partial charge in [0.25, 0.3) is 0 Å². The third kappa shape index (κ3) is 4.11. The van der Waals surface area contributed by atoms with Gasteiger partial charge in [-0.05, 0) is 54.8 Å². The van der Waals surface area contributed by atoms with E-state index in [0.29, 0.717) is 18.7 Å². The summed E-state index contributed by atoms with van der Waals surface area (Å²) in [5, 5.41) is 2.49. The van der Waals surface area contributed by atoms with E-state index in [1.54, 1.807) is 43.3 Å². The van der Waals surface area contributed by atoms with Crippen LogP contribution in [-0.2, 0) is 14.8 Å². The number of rotatable bonds is 4. The minimum Gasteiger partial charge on any atom is -0.320 e. The Bertz CT molecular complexity index is 953. The van der Waals surface area contributed by atoms with Crippen LogP contribution in [0.1, 0.15) is 17.5 Å². The molecule has 0 saturated carbocycles. The fourth-order valence-corrected chi connectivity index (χ4v) is 4.31. The maximum Gasteiger partial charge on any atom is 0.248 e. The molecule has 0 spiro atoms. The van der Waals surface area contributed by atoms with E-state index in [4.69, 9.17) is 0 Å². The van der Waals surface area contributed by atoms with Crippen molar-refractivity contribution >= 4 is 33.4 Å². The van der Waals surface area contributed by atoms with Crippen molar-refractivity contribution in [2.75, 3.05) is 21.9 Å². The highest BCUT2D eigenvalue weighted by Crippen LogP contribution is 2.24. The number of anilines is 2. The summed E-state index contributed by atoms with van der Waals surface area (Å²) in [7, 11) is -3.20. The molecule has 1 saturated heterocycles. The van der Waals surface area contributed by atoms with Gasteiger partial charge >= 0.3 is 0 Å². The molecule has 2 aromatic rings. The molecule has 0 unspecified atom stereocenters. The van der Waals surface area contributed by atoms with E-state index in [1.807, 2.05) is 0 Å². The Balaban J connectivity index is 1.66. The van der Waals surface area contributed by atoms with Crippen LogP contribution in [0.25, 0.3) is 6.08 Å². The Morgan fingerprint density at radius 1 is 1.19 bits per heavy atom. The Kier molecular flexibility index (Phi) is 5.08. The van der Waals surface area contributed by atoms with E-state index >= 15 is 0 Å². The first-order valence-electron chi connectivity index (χ1n) is 8.21. The SMILES string of the molecule is Cc1ccc(NC(=O)/C=C/c2ccc(N3CCCS3(=O)=O)cc2)c(F)c1. The molecule has 0 radical (unpaired) electrons. The number of sulfonamides is 1. The van der Waals surface area contributed by atoms with Crippen molar-refractivity contribution in [2.24, 2.45) is 0 Å². The average molecular weight is 374 g/mol. The van der Waals surface area contributed by atoms with Crippen molar-refractivity contribution in [1.29, 1.82) is 0 Å². The van der Waals surface area contributed by atoms with Gasteiger partial charge in [-0.3, -0.25) is 9.10 Å². The summed E-state index contributed by atoms with van der Waals surface area (Å²) in [4.78, 5) is 11.9. The van der Waals surface area contributed by atoms with Crippen molar-refractivity contribution in [1.82, 2.24) is 0 Å². The summed E-state index contributed by atoms with van der Waals surface area (Å²) in [5.41, 5.74) is 2.26. The monoisotopic (exact) mass is 374 g/mol. The lowest BCUT2D eigenvalue weighted by atomic mass is 10.2. The van der Waals surface area contributed by atoms with Gasteiger partial charge in [-0.2, -0.15) is 0 Å². The maximum atomic E-state index is 13.7. The van der Waals surface area contributed by atoms with Crippen LogP contribution in [0.4, 0.5) is 15.8 Å². The maximum absolute atomic E-state index is 13.7. The molecule has 0 bridgehead atoms.